The van der Waals surface area contributed by atoms with Crippen LogP contribution in [0, 0.1) is 10.1 Å². The highest BCUT2D eigenvalue weighted by Gasteiger charge is 2.33. The summed E-state index contributed by atoms with van der Waals surface area (Å²) in [6, 6.07) is 6.19. The maximum Gasteiger partial charge on any atom is 0.269 e. The van der Waals surface area contributed by atoms with Crippen LogP contribution in [0.25, 0.3) is 0 Å². The van der Waals surface area contributed by atoms with Gasteiger partial charge in [0.05, 0.1) is 10.2 Å². The predicted molar refractivity (Wildman–Crippen MR) is 88.9 cm³/mol. The molecule has 7 nitrogen and oxygen atoms in total. The number of likely N-dealkylation sites (tertiary alicyclic amines) is 1. The lowest BCUT2D eigenvalue weighted by atomic mass is 9.87. The zero-order valence-corrected chi connectivity index (χ0v) is 14.4. The van der Waals surface area contributed by atoms with E-state index >= 15 is 0 Å². The number of hydrogen-bond donors (Lipinski definition) is 1. The first-order valence-corrected chi connectivity index (χ1v) is 9.19. The molecule has 0 spiro atoms. The molecule has 1 aromatic rings. The molecule has 0 aromatic heterocycles. The molecule has 0 amide bonds. The minimum absolute atomic E-state index is 0.0249. The number of rotatable bonds is 5. The van der Waals surface area contributed by atoms with E-state index in [9.17, 15) is 18.5 Å². The van der Waals surface area contributed by atoms with Gasteiger partial charge in [-0.05, 0) is 39.4 Å². The summed E-state index contributed by atoms with van der Waals surface area (Å²) in [5.41, 5.74) is 0.954. The first-order valence-electron chi connectivity index (χ1n) is 7.64. The number of sulfonamides is 1. The second-order valence-corrected chi connectivity index (χ2v) is 8.59. The third-order valence-corrected chi connectivity index (χ3v) is 6.16. The first-order chi connectivity index (χ1) is 10.7. The van der Waals surface area contributed by atoms with E-state index in [0.29, 0.717) is 13.0 Å². The average molecular weight is 341 g/mol. The highest BCUT2D eigenvalue weighted by atomic mass is 32.2. The Balaban J connectivity index is 2.25. The Morgan fingerprint density at radius 2 is 1.91 bits per heavy atom. The van der Waals surface area contributed by atoms with Gasteiger partial charge in [0.15, 0.2) is 0 Å². The van der Waals surface area contributed by atoms with Crippen molar-refractivity contribution < 1.29 is 13.3 Å². The summed E-state index contributed by atoms with van der Waals surface area (Å²) in [5, 5.41) is 10.3. The molecule has 128 valence electrons. The molecule has 1 aromatic carbocycles. The van der Waals surface area contributed by atoms with Crippen molar-refractivity contribution in [2.45, 2.75) is 37.5 Å². The summed E-state index contributed by atoms with van der Waals surface area (Å²) >= 11 is 0. The third kappa shape index (κ3) is 4.27. The van der Waals surface area contributed by atoms with Crippen LogP contribution in [0.5, 0.6) is 0 Å². The van der Waals surface area contributed by atoms with Gasteiger partial charge in [0.25, 0.3) is 5.69 Å². The van der Waals surface area contributed by atoms with Crippen LogP contribution in [0.2, 0.25) is 0 Å². The molecule has 23 heavy (non-hydrogen) atoms. The van der Waals surface area contributed by atoms with E-state index in [-0.39, 0.29) is 17.6 Å². The van der Waals surface area contributed by atoms with E-state index < -0.39 is 20.2 Å². The Hall–Kier alpha value is -1.51. The Bertz CT molecular complexity index is 658. The van der Waals surface area contributed by atoms with Crippen molar-refractivity contribution in [3.8, 4) is 0 Å². The molecular formula is C15H23N3O4S. The quantitative estimate of drug-likeness (QED) is 0.650. The fourth-order valence-electron chi connectivity index (χ4n) is 2.78. The summed E-state index contributed by atoms with van der Waals surface area (Å²) in [6.07, 6.45) is 0.712. The molecule has 0 saturated carbocycles. The van der Waals surface area contributed by atoms with Crippen LogP contribution in [0.15, 0.2) is 24.3 Å². The predicted octanol–water partition coefficient (Wildman–Crippen LogP) is 1.71. The minimum atomic E-state index is -3.35. The fourth-order valence-corrected chi connectivity index (χ4v) is 3.76. The summed E-state index contributed by atoms with van der Waals surface area (Å²) in [5.74, 6) is -0.0249. The topological polar surface area (TPSA) is 92.6 Å². The zero-order chi connectivity index (χ0) is 17.2. The first kappa shape index (κ1) is 17.8. The van der Waals surface area contributed by atoms with Gasteiger partial charge in [-0.15, -0.1) is 0 Å². The smallest absolute Gasteiger partial charge is 0.269 e. The molecule has 1 aliphatic rings. The number of piperidine rings is 1. The van der Waals surface area contributed by atoms with Crippen molar-refractivity contribution in [3.05, 3.63) is 39.9 Å². The molecule has 2 atom stereocenters. The largest absolute Gasteiger partial charge is 0.306 e. The Morgan fingerprint density at radius 1 is 1.30 bits per heavy atom. The number of hydrogen-bond acceptors (Lipinski definition) is 5. The maximum absolute atomic E-state index is 12.2. The van der Waals surface area contributed by atoms with Gasteiger partial charge >= 0.3 is 0 Å². The SMILES string of the molecule is CC(C)S(=O)(=O)N[C@@H]1CCN(C)C[C@H]1c1ccc([N+](=O)[O-])cc1. The van der Waals surface area contributed by atoms with Gasteiger partial charge in [-0.3, -0.25) is 10.1 Å². The zero-order valence-electron chi connectivity index (χ0n) is 13.6. The van der Waals surface area contributed by atoms with E-state index in [1.165, 1.54) is 12.1 Å². The van der Waals surface area contributed by atoms with Gasteiger partial charge < -0.3 is 4.90 Å². The van der Waals surface area contributed by atoms with Crippen molar-refractivity contribution in [1.29, 1.82) is 0 Å². The molecule has 1 heterocycles. The van der Waals surface area contributed by atoms with Crippen molar-refractivity contribution in [2.24, 2.45) is 0 Å². The molecule has 8 heteroatoms. The van der Waals surface area contributed by atoms with Crippen molar-refractivity contribution in [1.82, 2.24) is 9.62 Å². The lowest BCUT2D eigenvalue weighted by Crippen LogP contribution is -2.50. The summed E-state index contributed by atoms with van der Waals surface area (Å²) < 4.78 is 27.2. The van der Waals surface area contributed by atoms with E-state index in [1.54, 1.807) is 26.0 Å². The summed E-state index contributed by atoms with van der Waals surface area (Å²) in [4.78, 5) is 12.5. The third-order valence-electron chi connectivity index (χ3n) is 4.28. The van der Waals surface area contributed by atoms with Crippen LogP contribution in [0.4, 0.5) is 5.69 Å². The number of non-ortho nitro benzene ring substituents is 1. The van der Waals surface area contributed by atoms with Gasteiger partial charge in [-0.2, -0.15) is 0 Å². The fraction of sp³-hybridized carbons (Fsp3) is 0.600. The standard InChI is InChI=1S/C15H23N3O4S/c1-11(2)23(21,22)16-15-8-9-17(3)10-14(15)12-4-6-13(7-5-12)18(19)20/h4-7,11,14-16H,8-10H2,1-3H3/t14-,15+/m0/s1. The molecule has 0 radical (unpaired) electrons. The van der Waals surface area contributed by atoms with Crippen LogP contribution in [0.1, 0.15) is 31.7 Å². The average Bonchev–Trinajstić information content (AvgIpc) is 2.49. The highest BCUT2D eigenvalue weighted by molar-refractivity contribution is 7.90. The molecule has 2 rings (SSSR count). The number of benzene rings is 1. The van der Waals surface area contributed by atoms with Crippen molar-refractivity contribution >= 4 is 15.7 Å². The molecule has 1 fully saturated rings. The number of nitro groups is 1. The minimum Gasteiger partial charge on any atom is -0.306 e. The number of likely N-dealkylation sites (N-methyl/N-ethyl adjacent to an activating group) is 1. The van der Waals surface area contributed by atoms with E-state index in [1.807, 2.05) is 7.05 Å². The Morgan fingerprint density at radius 3 is 2.43 bits per heavy atom. The molecule has 1 N–H and O–H groups in total. The number of nitro benzene ring substituents is 1. The van der Waals surface area contributed by atoms with E-state index in [4.69, 9.17) is 0 Å². The monoisotopic (exact) mass is 341 g/mol. The highest BCUT2D eigenvalue weighted by Crippen LogP contribution is 2.29. The van der Waals surface area contributed by atoms with Crippen molar-refractivity contribution in [2.75, 3.05) is 20.1 Å². The lowest BCUT2D eigenvalue weighted by molar-refractivity contribution is -0.384. The normalized spacial score (nSPS) is 23.1. The number of nitrogens with one attached hydrogen (secondary N) is 1. The van der Waals surface area contributed by atoms with Crippen LogP contribution in [0.3, 0.4) is 0 Å². The molecule has 0 unspecified atom stereocenters. The molecule has 1 aliphatic heterocycles. The molecule has 0 aliphatic carbocycles. The van der Waals surface area contributed by atoms with Gasteiger partial charge in [0.1, 0.15) is 0 Å². The van der Waals surface area contributed by atoms with Crippen LogP contribution >= 0.6 is 0 Å². The lowest BCUT2D eigenvalue weighted by Gasteiger charge is -2.37. The van der Waals surface area contributed by atoms with Crippen molar-refractivity contribution in [3.63, 3.8) is 0 Å². The summed E-state index contributed by atoms with van der Waals surface area (Å²) in [6.45, 7) is 4.83. The van der Waals surface area contributed by atoms with Gasteiger partial charge in [-0.1, -0.05) is 12.1 Å². The molecular weight excluding hydrogens is 318 g/mol. The Kier molecular flexibility index (Phi) is 5.38. The second kappa shape index (κ2) is 6.94. The second-order valence-electron chi connectivity index (χ2n) is 6.32. The van der Waals surface area contributed by atoms with Crippen LogP contribution in [-0.2, 0) is 10.0 Å². The van der Waals surface area contributed by atoms with E-state index in [2.05, 4.69) is 9.62 Å². The number of nitrogens with zero attached hydrogens (tertiary/aromatic N) is 2. The Labute approximate surface area is 136 Å². The molecule has 0 bridgehead atoms. The van der Waals surface area contributed by atoms with E-state index in [0.717, 1.165) is 12.1 Å². The van der Waals surface area contributed by atoms with Gasteiger partial charge in [-0.25, -0.2) is 13.1 Å². The van der Waals surface area contributed by atoms with Gasteiger partial charge in [0.2, 0.25) is 10.0 Å². The molecule has 1 saturated heterocycles. The van der Waals surface area contributed by atoms with Crippen LogP contribution < -0.4 is 4.72 Å². The van der Waals surface area contributed by atoms with Gasteiger partial charge in [0, 0.05) is 30.6 Å². The maximum atomic E-state index is 12.2. The van der Waals surface area contributed by atoms with Crippen LogP contribution in [-0.4, -0.2) is 49.7 Å². The summed E-state index contributed by atoms with van der Waals surface area (Å²) in [7, 11) is -1.36.